The number of aryl methyl sites for hydroxylation is 2. The Kier molecular flexibility index (Phi) is 4.67. The Hall–Kier alpha value is -3.46. The first-order valence-electron chi connectivity index (χ1n) is 9.64. The van der Waals surface area contributed by atoms with Crippen LogP contribution in [0.3, 0.4) is 0 Å². The van der Waals surface area contributed by atoms with Gasteiger partial charge in [-0.05, 0) is 50.3 Å². The predicted octanol–water partition coefficient (Wildman–Crippen LogP) is 3.67. The number of nitrogens with zero attached hydrogens (tertiary/aromatic N) is 4. The monoisotopic (exact) mass is 385 g/mol. The van der Waals surface area contributed by atoms with Crippen molar-refractivity contribution in [2.75, 3.05) is 5.73 Å². The average molecular weight is 385 g/mol. The molecule has 0 aliphatic heterocycles. The highest BCUT2D eigenvalue weighted by Gasteiger charge is 2.27. The van der Waals surface area contributed by atoms with E-state index in [4.69, 9.17) is 12.2 Å². The highest BCUT2D eigenvalue weighted by Crippen LogP contribution is 2.43. The molecule has 0 bridgehead atoms. The van der Waals surface area contributed by atoms with Crippen LogP contribution in [0.15, 0.2) is 24.7 Å². The molecule has 6 heteroatoms. The molecule has 0 aromatic carbocycles. The van der Waals surface area contributed by atoms with Gasteiger partial charge in [0.2, 0.25) is 0 Å². The van der Waals surface area contributed by atoms with E-state index < -0.39 is 0 Å². The maximum Gasteiger partial charge on any atom is 0.146 e. The summed E-state index contributed by atoms with van der Waals surface area (Å²) in [5, 5.41) is 0.845. The lowest BCUT2D eigenvalue weighted by Gasteiger charge is -2.21. The first kappa shape index (κ1) is 18.9. The molecular weight excluding hydrogens is 362 g/mol. The van der Waals surface area contributed by atoms with Crippen LogP contribution in [-0.4, -0.2) is 25.3 Å². The van der Waals surface area contributed by atoms with Crippen LogP contribution < -0.4 is 5.73 Å². The number of rotatable bonds is 3. The van der Waals surface area contributed by atoms with Crippen LogP contribution in [0.5, 0.6) is 0 Å². The number of fused-ring (bicyclic) bond motifs is 1. The summed E-state index contributed by atoms with van der Waals surface area (Å²) >= 11 is 0. The predicted molar refractivity (Wildman–Crippen MR) is 115 cm³/mol. The Bertz CT molecular complexity index is 1210. The van der Waals surface area contributed by atoms with Gasteiger partial charge in [-0.15, -0.1) is 6.42 Å². The molecule has 1 aliphatic rings. The molecule has 0 saturated heterocycles. The fourth-order valence-corrected chi connectivity index (χ4v) is 4.22. The smallest absolute Gasteiger partial charge is 0.146 e. The molecule has 0 radical (unpaired) electrons. The highest BCUT2D eigenvalue weighted by molar-refractivity contribution is 6.04. The van der Waals surface area contributed by atoms with Crippen LogP contribution in [0.1, 0.15) is 43.0 Å². The second-order valence-electron chi connectivity index (χ2n) is 7.58. The van der Waals surface area contributed by atoms with Crippen molar-refractivity contribution in [2.24, 2.45) is 13.0 Å². The number of hydrogen-bond donors (Lipinski definition) is 1. The molecule has 0 fully saturated rings. The molecule has 0 amide bonds. The van der Waals surface area contributed by atoms with Crippen molar-refractivity contribution in [1.29, 1.82) is 0 Å². The van der Waals surface area contributed by atoms with Gasteiger partial charge < -0.3 is 10.3 Å². The third-order valence-electron chi connectivity index (χ3n) is 5.82. The molecule has 2 N–H and O–H groups in total. The zero-order chi connectivity index (χ0) is 20.7. The van der Waals surface area contributed by atoms with Gasteiger partial charge in [-0.25, -0.2) is 15.0 Å². The zero-order valence-corrected chi connectivity index (χ0v) is 16.9. The van der Waals surface area contributed by atoms with Crippen LogP contribution in [0, 0.1) is 25.2 Å². The number of carbonyl (C=O) groups is 1. The van der Waals surface area contributed by atoms with Crippen LogP contribution in [0.4, 0.5) is 5.82 Å². The number of hydrogen-bond acceptors (Lipinski definition) is 5. The van der Waals surface area contributed by atoms with Crippen molar-refractivity contribution in [2.45, 2.75) is 33.1 Å². The zero-order valence-electron chi connectivity index (χ0n) is 16.9. The second kappa shape index (κ2) is 7.17. The summed E-state index contributed by atoms with van der Waals surface area (Å²) < 4.78 is 2.04. The Morgan fingerprint density at radius 2 is 2.14 bits per heavy atom. The summed E-state index contributed by atoms with van der Waals surface area (Å²) in [5.41, 5.74) is 12.9. The van der Waals surface area contributed by atoms with Crippen LogP contribution in [-0.2, 0) is 11.8 Å². The number of terminal acetylenes is 1. The number of aromatic nitrogens is 4. The van der Waals surface area contributed by atoms with E-state index in [0.29, 0.717) is 11.5 Å². The first-order valence-corrected chi connectivity index (χ1v) is 9.64. The summed E-state index contributed by atoms with van der Waals surface area (Å²) in [7, 11) is 1.98. The maximum absolute atomic E-state index is 11.8. The van der Waals surface area contributed by atoms with Crippen molar-refractivity contribution in [3.63, 3.8) is 0 Å². The van der Waals surface area contributed by atoms with Crippen molar-refractivity contribution in [1.82, 2.24) is 19.5 Å². The van der Waals surface area contributed by atoms with E-state index in [1.54, 1.807) is 6.92 Å². The number of carbonyl (C=O) groups excluding carboxylic acids is 1. The van der Waals surface area contributed by atoms with E-state index in [2.05, 4.69) is 26.9 Å². The average Bonchev–Trinajstić information content (AvgIpc) is 3.01. The Labute approximate surface area is 169 Å². The van der Waals surface area contributed by atoms with Crippen molar-refractivity contribution >= 4 is 28.2 Å². The number of anilines is 1. The highest BCUT2D eigenvalue weighted by atomic mass is 16.1. The minimum absolute atomic E-state index is 0.0871. The van der Waals surface area contributed by atoms with Crippen molar-refractivity contribution in [3.8, 4) is 23.6 Å². The summed E-state index contributed by atoms with van der Waals surface area (Å²) in [6.07, 6.45) is 13.4. The van der Waals surface area contributed by atoms with Crippen LogP contribution >= 0.6 is 0 Å². The fraction of sp³-hybridized carbons (Fsp3) is 0.304. The molecule has 4 rings (SSSR count). The lowest BCUT2D eigenvalue weighted by atomic mass is 9.83. The van der Waals surface area contributed by atoms with Crippen LogP contribution in [0.25, 0.3) is 27.9 Å². The maximum atomic E-state index is 11.8. The molecule has 29 heavy (non-hydrogen) atoms. The molecule has 3 aromatic heterocycles. The van der Waals surface area contributed by atoms with Gasteiger partial charge in [0.15, 0.2) is 0 Å². The first-order chi connectivity index (χ1) is 13.9. The van der Waals surface area contributed by atoms with Gasteiger partial charge in [-0.2, -0.15) is 0 Å². The topological polar surface area (TPSA) is 86.7 Å². The summed E-state index contributed by atoms with van der Waals surface area (Å²) in [6, 6.07) is 1.91. The van der Waals surface area contributed by atoms with E-state index >= 15 is 0 Å². The lowest BCUT2D eigenvalue weighted by Crippen LogP contribution is -2.13. The third-order valence-corrected chi connectivity index (χ3v) is 5.82. The summed E-state index contributed by atoms with van der Waals surface area (Å²) in [4.78, 5) is 24.9. The van der Waals surface area contributed by atoms with Gasteiger partial charge in [0.25, 0.3) is 0 Å². The lowest BCUT2D eigenvalue weighted by molar-refractivity contribution is -0.120. The summed E-state index contributed by atoms with van der Waals surface area (Å²) in [5.74, 6) is 3.37. The normalized spacial score (nSPS) is 16.5. The van der Waals surface area contributed by atoms with Gasteiger partial charge in [0.05, 0.1) is 11.1 Å². The van der Waals surface area contributed by atoms with E-state index in [-0.39, 0.29) is 11.7 Å². The number of pyridine rings is 1. The largest absolute Gasteiger partial charge is 0.383 e. The number of ketones is 1. The van der Waals surface area contributed by atoms with Crippen LogP contribution in [0.2, 0.25) is 0 Å². The Morgan fingerprint density at radius 1 is 1.34 bits per heavy atom. The minimum Gasteiger partial charge on any atom is -0.383 e. The minimum atomic E-state index is 0.0871. The Morgan fingerprint density at radius 3 is 2.76 bits per heavy atom. The molecular formula is C23H23N5O. The molecule has 1 aliphatic carbocycles. The molecule has 1 atom stereocenters. The number of nitrogen functional groups attached to an aromatic ring is 1. The second-order valence-corrected chi connectivity index (χ2v) is 7.58. The van der Waals surface area contributed by atoms with Crippen molar-refractivity contribution < 1.29 is 4.79 Å². The molecule has 6 nitrogen and oxygen atoms in total. The quantitative estimate of drug-likeness (QED) is 0.695. The van der Waals surface area contributed by atoms with Gasteiger partial charge >= 0.3 is 0 Å². The fourth-order valence-electron chi connectivity index (χ4n) is 4.22. The Balaban J connectivity index is 2.00. The van der Waals surface area contributed by atoms with Gasteiger partial charge in [-0.3, -0.25) is 4.79 Å². The number of Topliss-reactive ketones (excluding diaryl/α,β-unsaturated/α-hetero) is 1. The SMILES string of the molecule is C#Cc1cc(C)c(-c2c(C3=CC[C@@H](C(C)=O)CC3)c3c(N)ncnc3n2C)cn1. The van der Waals surface area contributed by atoms with Gasteiger partial charge in [0, 0.05) is 30.3 Å². The van der Waals surface area contributed by atoms with E-state index in [9.17, 15) is 4.79 Å². The van der Waals surface area contributed by atoms with Gasteiger partial charge in [0.1, 0.15) is 29.3 Å². The van der Waals surface area contributed by atoms with Crippen molar-refractivity contribution in [3.05, 3.63) is 41.5 Å². The third kappa shape index (κ3) is 3.09. The molecule has 0 spiro atoms. The molecule has 3 heterocycles. The number of allylic oxidation sites excluding steroid dienone is 2. The standard InChI is InChI=1S/C23H23N5O/c1-5-17-10-13(2)18(11-25-17)21-19(16-8-6-15(7-9-16)14(3)29)20-22(24)26-12-27-23(20)28(21)4/h1,8,10-12,15H,6-7,9H2,2-4H3,(H2,24,26,27)/t15-/m1/s1. The van der Waals surface area contributed by atoms with E-state index in [0.717, 1.165) is 52.7 Å². The molecule has 3 aromatic rings. The van der Waals surface area contributed by atoms with Gasteiger partial charge in [-0.1, -0.05) is 12.0 Å². The van der Waals surface area contributed by atoms with E-state index in [1.807, 2.05) is 30.8 Å². The summed E-state index contributed by atoms with van der Waals surface area (Å²) in [6.45, 7) is 3.69. The van der Waals surface area contributed by atoms with E-state index in [1.165, 1.54) is 11.9 Å². The molecule has 0 unspecified atom stereocenters. The molecule has 0 saturated carbocycles. The molecule has 146 valence electrons. The number of nitrogens with two attached hydrogens (primary N) is 1.